The molecule has 3 N–H and O–H groups in total. The number of likely N-dealkylation sites (N-methyl/N-ethyl adjacent to an activating group) is 1. The Hall–Kier alpha value is -3.19. The molecule has 7 heteroatoms. The lowest BCUT2D eigenvalue weighted by Gasteiger charge is -2.24. The number of phenols is 1. The van der Waals surface area contributed by atoms with E-state index in [0.717, 1.165) is 0 Å². The monoisotopic (exact) mass is 369 g/mol. The van der Waals surface area contributed by atoms with Gasteiger partial charge in [0.1, 0.15) is 11.6 Å². The molecule has 0 unspecified atom stereocenters. The van der Waals surface area contributed by atoms with Crippen LogP contribution in [0, 0.1) is 5.82 Å². The second-order valence-electron chi connectivity index (χ2n) is 6.12. The van der Waals surface area contributed by atoms with Gasteiger partial charge >= 0.3 is 0 Å². The fraction of sp³-hybridized carbons (Fsp3) is 0.200. The Bertz CT molecular complexity index is 941. The molecule has 0 bridgehead atoms. The molecule has 1 heterocycles. The topological polar surface area (TPSA) is 89.4 Å². The number of nitrogens with one attached hydrogen (secondary N) is 1. The fourth-order valence-corrected chi connectivity index (χ4v) is 2.88. The summed E-state index contributed by atoms with van der Waals surface area (Å²) in [6, 6.07) is 12.2. The standard InChI is InChI=1S/C20H20FN3O3/c1-2-24(12-18(26)13-5-4-8-16(25)10-13)20(27)17-11-22-23-19(17)14-6-3-7-15(21)9-14/h3-11,18,25-26H,2,12H2,1H3,(H,22,23)/t18-/m1/s1. The summed E-state index contributed by atoms with van der Waals surface area (Å²) in [6.07, 6.45) is 0.442. The minimum atomic E-state index is -0.953. The molecule has 140 valence electrons. The van der Waals surface area contributed by atoms with Gasteiger partial charge in [0.05, 0.1) is 30.1 Å². The first-order chi connectivity index (χ1) is 13.0. The lowest BCUT2D eigenvalue weighted by molar-refractivity contribution is 0.0635. The maximum absolute atomic E-state index is 13.5. The van der Waals surface area contributed by atoms with Crippen LogP contribution in [0.5, 0.6) is 5.75 Å². The number of rotatable bonds is 6. The van der Waals surface area contributed by atoms with Crippen LogP contribution in [0.4, 0.5) is 4.39 Å². The van der Waals surface area contributed by atoms with Gasteiger partial charge in [0.25, 0.3) is 5.91 Å². The van der Waals surface area contributed by atoms with Gasteiger partial charge in [-0.25, -0.2) is 4.39 Å². The minimum absolute atomic E-state index is 0.0455. The third-order valence-corrected chi connectivity index (χ3v) is 4.30. The Morgan fingerprint density at radius 2 is 2.04 bits per heavy atom. The van der Waals surface area contributed by atoms with Crippen LogP contribution in [0.25, 0.3) is 11.3 Å². The zero-order valence-electron chi connectivity index (χ0n) is 14.8. The highest BCUT2D eigenvalue weighted by Crippen LogP contribution is 2.24. The molecule has 0 aliphatic heterocycles. The average molecular weight is 369 g/mol. The van der Waals surface area contributed by atoms with Crippen LogP contribution >= 0.6 is 0 Å². The molecule has 0 saturated heterocycles. The molecule has 0 spiro atoms. The number of aromatic hydroxyl groups is 1. The number of phenolic OH excluding ortho intramolecular Hbond substituents is 1. The molecule has 1 amide bonds. The normalized spacial score (nSPS) is 12.0. The SMILES string of the molecule is CCN(C[C@@H](O)c1cccc(O)c1)C(=O)c1cn[nH]c1-c1cccc(F)c1. The summed E-state index contributed by atoms with van der Waals surface area (Å²) < 4.78 is 13.5. The third-order valence-electron chi connectivity index (χ3n) is 4.30. The second kappa shape index (κ2) is 8.01. The largest absolute Gasteiger partial charge is 0.508 e. The number of carbonyl (C=O) groups excluding carboxylic acids is 1. The van der Waals surface area contributed by atoms with Gasteiger partial charge in [-0.3, -0.25) is 9.89 Å². The first-order valence-corrected chi connectivity index (χ1v) is 8.55. The Kier molecular flexibility index (Phi) is 5.52. The first-order valence-electron chi connectivity index (χ1n) is 8.55. The minimum Gasteiger partial charge on any atom is -0.508 e. The molecular formula is C20H20FN3O3. The van der Waals surface area contributed by atoms with Gasteiger partial charge in [0.15, 0.2) is 0 Å². The van der Waals surface area contributed by atoms with E-state index >= 15 is 0 Å². The number of nitrogens with zero attached hydrogens (tertiary/aromatic N) is 2. The molecule has 3 rings (SSSR count). The highest BCUT2D eigenvalue weighted by molar-refractivity contribution is 5.99. The van der Waals surface area contributed by atoms with Crippen LogP contribution in [0.1, 0.15) is 28.9 Å². The van der Waals surface area contributed by atoms with Crippen molar-refractivity contribution in [2.75, 3.05) is 13.1 Å². The van der Waals surface area contributed by atoms with Crippen molar-refractivity contribution in [1.29, 1.82) is 0 Å². The highest BCUT2D eigenvalue weighted by atomic mass is 19.1. The quantitative estimate of drug-likeness (QED) is 0.623. The smallest absolute Gasteiger partial charge is 0.257 e. The van der Waals surface area contributed by atoms with Gasteiger partial charge in [0.2, 0.25) is 0 Å². The molecule has 0 aliphatic carbocycles. The predicted octanol–water partition coefficient (Wildman–Crippen LogP) is 3.12. The molecule has 3 aromatic rings. The molecule has 6 nitrogen and oxygen atoms in total. The third kappa shape index (κ3) is 4.15. The lowest BCUT2D eigenvalue weighted by atomic mass is 10.1. The number of amides is 1. The zero-order valence-corrected chi connectivity index (χ0v) is 14.8. The predicted molar refractivity (Wildman–Crippen MR) is 98.6 cm³/mol. The zero-order chi connectivity index (χ0) is 19.4. The molecule has 1 atom stereocenters. The van der Waals surface area contributed by atoms with Crippen molar-refractivity contribution in [2.45, 2.75) is 13.0 Å². The lowest BCUT2D eigenvalue weighted by Crippen LogP contribution is -2.34. The number of H-pyrrole nitrogens is 1. The number of aliphatic hydroxyl groups is 1. The van der Waals surface area contributed by atoms with Crippen LogP contribution in [-0.2, 0) is 0 Å². The summed E-state index contributed by atoms with van der Waals surface area (Å²) >= 11 is 0. The van der Waals surface area contributed by atoms with Crippen LogP contribution < -0.4 is 0 Å². The van der Waals surface area contributed by atoms with Crippen LogP contribution in [0.2, 0.25) is 0 Å². The van der Waals surface area contributed by atoms with Gasteiger partial charge in [-0.1, -0.05) is 24.3 Å². The van der Waals surface area contributed by atoms with E-state index in [4.69, 9.17) is 0 Å². The van der Waals surface area contributed by atoms with Crippen LogP contribution in [0.3, 0.4) is 0 Å². The molecular weight excluding hydrogens is 349 g/mol. The number of carbonyl (C=O) groups is 1. The van der Waals surface area contributed by atoms with Crippen LogP contribution in [-0.4, -0.2) is 44.3 Å². The molecule has 0 radical (unpaired) electrons. The van der Waals surface area contributed by atoms with E-state index in [9.17, 15) is 19.4 Å². The van der Waals surface area contributed by atoms with Crippen molar-refractivity contribution < 1.29 is 19.4 Å². The summed E-state index contributed by atoms with van der Waals surface area (Å²) in [5, 5.41) is 26.7. The van der Waals surface area contributed by atoms with E-state index in [2.05, 4.69) is 10.2 Å². The number of halogens is 1. The molecule has 1 aromatic heterocycles. The van der Waals surface area contributed by atoms with Gasteiger partial charge in [-0.2, -0.15) is 5.10 Å². The summed E-state index contributed by atoms with van der Waals surface area (Å²) in [6.45, 7) is 2.21. The number of hydrogen-bond acceptors (Lipinski definition) is 4. The number of aliphatic hydroxyl groups excluding tert-OH is 1. The van der Waals surface area contributed by atoms with Crippen molar-refractivity contribution in [3.05, 3.63) is 71.7 Å². The van der Waals surface area contributed by atoms with E-state index in [0.29, 0.717) is 28.9 Å². The van der Waals surface area contributed by atoms with Crippen molar-refractivity contribution in [3.8, 4) is 17.0 Å². The fourth-order valence-electron chi connectivity index (χ4n) is 2.88. The highest BCUT2D eigenvalue weighted by Gasteiger charge is 2.23. The van der Waals surface area contributed by atoms with Gasteiger partial charge in [-0.15, -0.1) is 0 Å². The Morgan fingerprint density at radius 1 is 1.26 bits per heavy atom. The first kappa shape index (κ1) is 18.6. The molecule has 0 aliphatic rings. The maximum Gasteiger partial charge on any atom is 0.257 e. The van der Waals surface area contributed by atoms with E-state index < -0.39 is 11.9 Å². The Balaban J connectivity index is 1.83. The van der Waals surface area contributed by atoms with Crippen molar-refractivity contribution >= 4 is 5.91 Å². The molecule has 27 heavy (non-hydrogen) atoms. The summed E-state index contributed by atoms with van der Waals surface area (Å²) in [5.41, 5.74) is 1.74. The number of benzene rings is 2. The Labute approximate surface area is 155 Å². The molecule has 2 aromatic carbocycles. The summed E-state index contributed by atoms with van der Waals surface area (Å²) in [5.74, 6) is -0.694. The van der Waals surface area contributed by atoms with E-state index in [1.165, 1.54) is 35.4 Å². The average Bonchev–Trinajstić information content (AvgIpc) is 3.15. The van der Waals surface area contributed by atoms with Crippen LogP contribution in [0.15, 0.2) is 54.7 Å². The second-order valence-corrected chi connectivity index (χ2v) is 6.12. The molecule has 0 fully saturated rings. The van der Waals surface area contributed by atoms with E-state index in [1.807, 2.05) is 0 Å². The van der Waals surface area contributed by atoms with E-state index in [-0.39, 0.29) is 18.2 Å². The Morgan fingerprint density at radius 3 is 2.74 bits per heavy atom. The van der Waals surface area contributed by atoms with Crippen molar-refractivity contribution in [1.82, 2.24) is 15.1 Å². The van der Waals surface area contributed by atoms with Gasteiger partial charge in [-0.05, 0) is 36.8 Å². The van der Waals surface area contributed by atoms with Gasteiger partial charge < -0.3 is 15.1 Å². The summed E-state index contributed by atoms with van der Waals surface area (Å²) in [4.78, 5) is 14.4. The molecule has 0 saturated carbocycles. The van der Waals surface area contributed by atoms with E-state index in [1.54, 1.807) is 31.2 Å². The maximum atomic E-state index is 13.5. The van der Waals surface area contributed by atoms with Gasteiger partial charge in [0, 0.05) is 12.1 Å². The van der Waals surface area contributed by atoms with Crippen molar-refractivity contribution in [2.24, 2.45) is 0 Å². The number of hydrogen-bond donors (Lipinski definition) is 3. The number of aromatic nitrogens is 2. The summed E-state index contributed by atoms with van der Waals surface area (Å²) in [7, 11) is 0. The van der Waals surface area contributed by atoms with Crippen molar-refractivity contribution in [3.63, 3.8) is 0 Å². The number of aromatic amines is 1.